The predicted octanol–water partition coefficient (Wildman–Crippen LogP) is 4.49. The first kappa shape index (κ1) is 36.6. The third-order valence-electron chi connectivity index (χ3n) is 5.44. The van der Waals surface area contributed by atoms with Crippen LogP contribution >= 0.6 is 0 Å². The van der Waals surface area contributed by atoms with Crippen molar-refractivity contribution in [2.24, 2.45) is 0 Å². The van der Waals surface area contributed by atoms with E-state index in [1.54, 1.807) is 41.1 Å². The van der Waals surface area contributed by atoms with Gasteiger partial charge in [-0.25, -0.2) is 4.79 Å². The number of nitrogens with one attached hydrogen (secondary N) is 2. The quantitative estimate of drug-likeness (QED) is 0.0857. The molecule has 2 aromatic rings. The van der Waals surface area contributed by atoms with Crippen molar-refractivity contribution in [2.75, 3.05) is 58.3 Å². The number of phenolic OH excluding ortho intramolecular Hbond substituents is 2. The number of hydrogen-bond acceptors (Lipinski definition) is 14. The van der Waals surface area contributed by atoms with Gasteiger partial charge in [-0.05, 0) is 33.6 Å². The summed E-state index contributed by atoms with van der Waals surface area (Å²) in [6, 6.07) is 10.1. The Kier molecular flexibility index (Phi) is 15.1. The summed E-state index contributed by atoms with van der Waals surface area (Å²) in [6.45, 7) is 7.10. The molecule has 0 saturated heterocycles. The molecular weight excluding hydrogens is 572 g/mol. The molecule has 44 heavy (non-hydrogen) atoms. The second-order valence-electron chi connectivity index (χ2n) is 9.81. The monoisotopic (exact) mass is 608 g/mol. The first-order valence-electron chi connectivity index (χ1n) is 13.2. The van der Waals surface area contributed by atoms with Crippen LogP contribution in [0.4, 0.5) is 16.2 Å². The average molecular weight is 609 g/mol. The molecule has 4 N–H and O–H groups in total. The first-order valence-corrected chi connectivity index (χ1v) is 13.2. The van der Waals surface area contributed by atoms with Gasteiger partial charge >= 0.3 is 6.16 Å². The van der Waals surface area contributed by atoms with Crippen molar-refractivity contribution in [1.29, 1.82) is 21.0 Å². The Bertz CT molecular complexity index is 1460. The number of nitrogens with zero attached hydrogens (tertiary/aromatic N) is 4. The van der Waals surface area contributed by atoms with Crippen LogP contribution in [0.5, 0.6) is 23.0 Å². The average Bonchev–Trinajstić information content (AvgIpc) is 2.98. The zero-order valence-corrected chi connectivity index (χ0v) is 25.5. The topological polar surface area (TPSA) is 223 Å². The Morgan fingerprint density at radius 1 is 0.818 bits per heavy atom. The summed E-state index contributed by atoms with van der Waals surface area (Å²) in [5.74, 6) is -1.01. The lowest BCUT2D eigenvalue weighted by molar-refractivity contribution is 0.0200. The molecule has 0 amide bonds. The Balaban J connectivity index is 0.000000470. The summed E-state index contributed by atoms with van der Waals surface area (Å²) >= 11 is 0. The van der Waals surface area contributed by atoms with E-state index in [0.29, 0.717) is 39.1 Å². The van der Waals surface area contributed by atoms with Crippen molar-refractivity contribution in [1.82, 2.24) is 0 Å². The highest BCUT2D eigenvalue weighted by Crippen LogP contribution is 2.39. The molecule has 0 aliphatic rings. The Morgan fingerprint density at radius 3 is 1.75 bits per heavy atom. The van der Waals surface area contributed by atoms with Crippen LogP contribution in [0.15, 0.2) is 12.1 Å². The number of rotatable bonds is 12. The van der Waals surface area contributed by atoms with Crippen molar-refractivity contribution >= 4 is 17.5 Å². The van der Waals surface area contributed by atoms with Crippen molar-refractivity contribution in [3.63, 3.8) is 0 Å². The van der Waals surface area contributed by atoms with E-state index < -0.39 is 23.3 Å². The molecule has 0 unspecified atom stereocenters. The Labute approximate surface area is 256 Å². The highest BCUT2D eigenvalue weighted by molar-refractivity contribution is 5.78. The van der Waals surface area contributed by atoms with Gasteiger partial charge in [-0.1, -0.05) is 0 Å². The predicted molar refractivity (Wildman–Crippen MR) is 158 cm³/mol. The lowest BCUT2D eigenvalue weighted by Crippen LogP contribution is -2.26. The molecule has 234 valence electrons. The third kappa shape index (κ3) is 10.8. The molecule has 14 heteroatoms. The lowest BCUT2D eigenvalue weighted by atomic mass is 10.1. The number of hydrogen-bond donors (Lipinski definition) is 4. The summed E-state index contributed by atoms with van der Waals surface area (Å²) in [5.41, 5.74) is -0.0954. The van der Waals surface area contributed by atoms with Crippen LogP contribution in [0.2, 0.25) is 0 Å². The fraction of sp³-hybridized carbons (Fsp3) is 0.433. The Morgan fingerprint density at radius 2 is 1.32 bits per heavy atom. The minimum Gasteiger partial charge on any atom is -0.504 e. The molecule has 2 aromatic carbocycles. The van der Waals surface area contributed by atoms with E-state index in [4.69, 9.17) is 34.2 Å². The molecular formula is C30H36N6O8. The van der Waals surface area contributed by atoms with Crippen LogP contribution in [0, 0.1) is 45.3 Å². The molecule has 0 spiro atoms. The highest BCUT2D eigenvalue weighted by atomic mass is 16.7. The number of phenols is 2. The van der Waals surface area contributed by atoms with Crippen LogP contribution in [-0.2, 0) is 14.2 Å². The van der Waals surface area contributed by atoms with Crippen molar-refractivity contribution in [2.45, 2.75) is 39.2 Å². The second-order valence-corrected chi connectivity index (χ2v) is 9.81. The van der Waals surface area contributed by atoms with E-state index in [2.05, 4.69) is 10.6 Å². The zero-order valence-electron chi connectivity index (χ0n) is 25.5. The molecule has 0 heterocycles. The van der Waals surface area contributed by atoms with Gasteiger partial charge in [-0.2, -0.15) is 21.0 Å². The van der Waals surface area contributed by atoms with Crippen LogP contribution in [0.1, 0.15) is 55.9 Å². The van der Waals surface area contributed by atoms with E-state index in [1.165, 1.54) is 13.2 Å². The SMILES string of the molecule is COCCCNc1c(C#N)cc(O)c(O)c1C#N.COCCCNc1c(C#N)cc(OC)c(OC(=O)OC(C)(C)C)c1C#N. The minimum atomic E-state index is -0.970. The zero-order chi connectivity index (χ0) is 33.3. The molecule has 0 radical (unpaired) electrons. The number of carbonyl (C=O) groups is 1. The van der Waals surface area contributed by atoms with E-state index in [9.17, 15) is 25.5 Å². The third-order valence-corrected chi connectivity index (χ3v) is 5.44. The lowest BCUT2D eigenvalue weighted by Gasteiger charge is -2.20. The van der Waals surface area contributed by atoms with Gasteiger partial charge in [0.05, 0.1) is 29.6 Å². The van der Waals surface area contributed by atoms with Gasteiger partial charge in [0, 0.05) is 52.7 Å². The van der Waals surface area contributed by atoms with Gasteiger partial charge in [0.15, 0.2) is 23.0 Å². The summed E-state index contributed by atoms with van der Waals surface area (Å²) < 4.78 is 25.4. The molecule has 0 atom stereocenters. The molecule has 2 rings (SSSR count). The number of carbonyl (C=O) groups excluding carboxylic acids is 1. The van der Waals surface area contributed by atoms with Crippen LogP contribution in [0.25, 0.3) is 0 Å². The van der Waals surface area contributed by atoms with Gasteiger partial charge in [-0.15, -0.1) is 0 Å². The number of aromatic hydroxyl groups is 2. The summed E-state index contributed by atoms with van der Waals surface area (Å²) in [7, 11) is 4.51. The van der Waals surface area contributed by atoms with Crippen molar-refractivity contribution in [3.8, 4) is 47.3 Å². The fourth-order valence-electron chi connectivity index (χ4n) is 3.52. The maximum atomic E-state index is 12.0. The summed E-state index contributed by atoms with van der Waals surface area (Å²) in [6.07, 6.45) is 0.385. The van der Waals surface area contributed by atoms with Crippen LogP contribution in [0.3, 0.4) is 0 Å². The highest BCUT2D eigenvalue weighted by Gasteiger charge is 2.25. The van der Waals surface area contributed by atoms with Gasteiger partial charge < -0.3 is 44.5 Å². The maximum absolute atomic E-state index is 12.0. The number of benzene rings is 2. The number of nitriles is 4. The van der Waals surface area contributed by atoms with Crippen LogP contribution < -0.4 is 20.1 Å². The second kappa shape index (κ2) is 18.2. The smallest absolute Gasteiger partial charge is 0.504 e. The van der Waals surface area contributed by atoms with Crippen molar-refractivity contribution in [3.05, 3.63) is 34.4 Å². The molecule has 0 aromatic heterocycles. The van der Waals surface area contributed by atoms with E-state index >= 15 is 0 Å². The van der Waals surface area contributed by atoms with Gasteiger partial charge in [0.1, 0.15) is 41.0 Å². The van der Waals surface area contributed by atoms with Crippen molar-refractivity contribution < 1.29 is 38.7 Å². The number of methoxy groups -OCH3 is 3. The van der Waals surface area contributed by atoms with Gasteiger partial charge in [0.25, 0.3) is 0 Å². The largest absolute Gasteiger partial charge is 0.514 e. The molecule has 14 nitrogen and oxygen atoms in total. The molecule has 0 bridgehead atoms. The Hall–Kier alpha value is -5.41. The molecule has 0 saturated carbocycles. The maximum Gasteiger partial charge on any atom is 0.514 e. The van der Waals surface area contributed by atoms with Gasteiger partial charge in [0.2, 0.25) is 0 Å². The van der Waals surface area contributed by atoms with Gasteiger partial charge in [-0.3, -0.25) is 0 Å². The minimum absolute atomic E-state index is 0.0100. The molecule has 0 aliphatic heterocycles. The molecule has 0 aliphatic carbocycles. The first-order chi connectivity index (χ1) is 20.9. The number of anilines is 2. The normalized spacial score (nSPS) is 10.0. The number of ether oxygens (including phenoxy) is 5. The van der Waals surface area contributed by atoms with E-state index in [1.807, 2.05) is 18.2 Å². The van der Waals surface area contributed by atoms with Crippen LogP contribution in [-0.4, -0.2) is 69.6 Å². The standard InChI is InChI=1S/C18H23N3O5.C12H13N3O3/c1-18(2,3)26-17(22)25-16-13(11-20)15(21-7-6-8-23-4)12(10-19)9-14(16)24-5;1-18-4-2-3-15-11-8(6-13)5-10(16)12(17)9(11)7-14/h9,21H,6-8H2,1-5H3;5,15-17H,2-4H2,1H3. The molecule has 0 fully saturated rings. The summed E-state index contributed by atoms with van der Waals surface area (Å²) in [5, 5.41) is 61.7. The van der Waals surface area contributed by atoms with E-state index in [0.717, 1.165) is 6.07 Å². The summed E-state index contributed by atoms with van der Waals surface area (Å²) in [4.78, 5) is 12.0. The van der Waals surface area contributed by atoms with E-state index in [-0.39, 0.29) is 45.1 Å². The fourth-order valence-corrected chi connectivity index (χ4v) is 3.52.